The number of ether oxygens (including phenoxy) is 3. The molecule has 0 bridgehead atoms. The largest absolute Gasteiger partial charge is 0.496 e. The van der Waals surface area contributed by atoms with Gasteiger partial charge in [-0.3, -0.25) is 0 Å². The van der Waals surface area contributed by atoms with E-state index in [-0.39, 0.29) is 0 Å². The first-order chi connectivity index (χ1) is 9.41. The van der Waals surface area contributed by atoms with Crippen LogP contribution in [0.4, 0.5) is 0 Å². The van der Waals surface area contributed by atoms with Crippen LogP contribution in [0.1, 0.15) is 32.8 Å². The smallest absolute Gasteiger partial charge is 0.164 e. The third-order valence-electron chi connectivity index (χ3n) is 3.15. The lowest BCUT2D eigenvalue weighted by molar-refractivity contribution is 0.345. The maximum atomic E-state index is 5.41. The standard InChI is InChI=1S/C16H27NO3/c1-16(2,3)7-8-17-11-12-9-14(19-5)15(20-6)10-13(12)18-4/h9-10,17H,7-8,11H2,1-6H3. The van der Waals surface area contributed by atoms with Crippen LogP contribution in [-0.2, 0) is 6.54 Å². The molecule has 0 radical (unpaired) electrons. The lowest BCUT2D eigenvalue weighted by Crippen LogP contribution is -2.20. The number of nitrogens with one attached hydrogen (secondary N) is 1. The molecule has 0 aliphatic carbocycles. The number of methoxy groups -OCH3 is 3. The molecule has 4 heteroatoms. The first kappa shape index (κ1) is 16.6. The second kappa shape index (κ2) is 7.39. The molecule has 1 rings (SSSR count). The average Bonchev–Trinajstić information content (AvgIpc) is 2.41. The molecule has 20 heavy (non-hydrogen) atoms. The van der Waals surface area contributed by atoms with Gasteiger partial charge in [0.2, 0.25) is 0 Å². The molecule has 0 heterocycles. The van der Waals surface area contributed by atoms with Crippen LogP contribution < -0.4 is 19.5 Å². The van der Waals surface area contributed by atoms with Crippen molar-refractivity contribution in [3.05, 3.63) is 17.7 Å². The van der Waals surface area contributed by atoms with Gasteiger partial charge in [-0.1, -0.05) is 20.8 Å². The van der Waals surface area contributed by atoms with Crippen LogP contribution in [0.5, 0.6) is 17.2 Å². The van der Waals surface area contributed by atoms with Crippen molar-refractivity contribution in [2.24, 2.45) is 5.41 Å². The molecule has 114 valence electrons. The topological polar surface area (TPSA) is 39.7 Å². The molecular weight excluding hydrogens is 254 g/mol. The molecule has 0 aliphatic heterocycles. The maximum Gasteiger partial charge on any atom is 0.164 e. The Morgan fingerprint density at radius 1 is 0.900 bits per heavy atom. The quantitative estimate of drug-likeness (QED) is 0.779. The van der Waals surface area contributed by atoms with Crippen molar-refractivity contribution in [3.63, 3.8) is 0 Å². The van der Waals surface area contributed by atoms with E-state index in [1.54, 1.807) is 21.3 Å². The second-order valence-electron chi connectivity index (χ2n) is 6.01. The normalized spacial score (nSPS) is 11.3. The highest BCUT2D eigenvalue weighted by Gasteiger charge is 2.12. The predicted molar refractivity (Wildman–Crippen MR) is 81.9 cm³/mol. The Hall–Kier alpha value is -1.42. The van der Waals surface area contributed by atoms with E-state index in [4.69, 9.17) is 14.2 Å². The van der Waals surface area contributed by atoms with Gasteiger partial charge in [-0.05, 0) is 24.4 Å². The third kappa shape index (κ3) is 4.93. The Morgan fingerprint density at radius 2 is 1.45 bits per heavy atom. The van der Waals surface area contributed by atoms with E-state index in [0.717, 1.165) is 36.6 Å². The Morgan fingerprint density at radius 3 is 1.95 bits per heavy atom. The van der Waals surface area contributed by atoms with Crippen molar-refractivity contribution < 1.29 is 14.2 Å². The summed E-state index contributed by atoms with van der Waals surface area (Å²) in [4.78, 5) is 0. The maximum absolute atomic E-state index is 5.41. The van der Waals surface area contributed by atoms with E-state index in [9.17, 15) is 0 Å². The first-order valence-electron chi connectivity index (χ1n) is 6.91. The molecule has 1 aromatic rings. The van der Waals surface area contributed by atoms with Crippen LogP contribution >= 0.6 is 0 Å². The molecule has 1 N–H and O–H groups in total. The van der Waals surface area contributed by atoms with E-state index in [2.05, 4.69) is 26.1 Å². The van der Waals surface area contributed by atoms with Gasteiger partial charge >= 0.3 is 0 Å². The van der Waals surface area contributed by atoms with E-state index >= 15 is 0 Å². The molecule has 0 spiro atoms. The fourth-order valence-corrected chi connectivity index (χ4v) is 1.92. The highest BCUT2D eigenvalue weighted by atomic mass is 16.5. The van der Waals surface area contributed by atoms with Crippen LogP contribution in [0.25, 0.3) is 0 Å². The van der Waals surface area contributed by atoms with Gasteiger partial charge in [0.1, 0.15) is 5.75 Å². The Labute approximate surface area is 122 Å². The van der Waals surface area contributed by atoms with E-state index in [1.165, 1.54) is 0 Å². The summed E-state index contributed by atoms with van der Waals surface area (Å²) < 4.78 is 16.0. The van der Waals surface area contributed by atoms with Crippen LogP contribution in [0.2, 0.25) is 0 Å². The van der Waals surface area contributed by atoms with Crippen LogP contribution in [0.3, 0.4) is 0 Å². The van der Waals surface area contributed by atoms with Crippen LogP contribution in [-0.4, -0.2) is 27.9 Å². The monoisotopic (exact) mass is 281 g/mol. The summed E-state index contributed by atoms with van der Waals surface area (Å²) in [6.07, 6.45) is 1.13. The fraction of sp³-hybridized carbons (Fsp3) is 0.625. The van der Waals surface area contributed by atoms with Gasteiger partial charge in [-0.25, -0.2) is 0 Å². The number of hydrogen-bond donors (Lipinski definition) is 1. The van der Waals surface area contributed by atoms with Crippen molar-refractivity contribution in [2.45, 2.75) is 33.7 Å². The Kier molecular flexibility index (Phi) is 6.14. The summed E-state index contributed by atoms with van der Waals surface area (Å²) in [7, 11) is 4.93. The van der Waals surface area contributed by atoms with Gasteiger partial charge in [0.15, 0.2) is 11.5 Å². The third-order valence-corrected chi connectivity index (χ3v) is 3.15. The summed E-state index contributed by atoms with van der Waals surface area (Å²) in [5.41, 5.74) is 1.41. The molecule has 0 amide bonds. The Bertz CT molecular complexity index is 424. The summed E-state index contributed by atoms with van der Waals surface area (Å²) in [5, 5.41) is 3.45. The van der Waals surface area contributed by atoms with Crippen LogP contribution in [0, 0.1) is 5.41 Å². The first-order valence-corrected chi connectivity index (χ1v) is 6.91. The molecule has 0 atom stereocenters. The minimum Gasteiger partial charge on any atom is -0.496 e. The van der Waals surface area contributed by atoms with Crippen molar-refractivity contribution in [3.8, 4) is 17.2 Å². The molecule has 0 fully saturated rings. The van der Waals surface area contributed by atoms with Crippen molar-refractivity contribution >= 4 is 0 Å². The van der Waals surface area contributed by atoms with Gasteiger partial charge in [-0.2, -0.15) is 0 Å². The van der Waals surface area contributed by atoms with Gasteiger partial charge in [0.05, 0.1) is 21.3 Å². The predicted octanol–water partition coefficient (Wildman–Crippen LogP) is 3.24. The average molecular weight is 281 g/mol. The van der Waals surface area contributed by atoms with Gasteiger partial charge < -0.3 is 19.5 Å². The number of hydrogen-bond acceptors (Lipinski definition) is 4. The highest BCUT2D eigenvalue weighted by molar-refractivity contribution is 5.50. The zero-order chi connectivity index (χ0) is 15.2. The molecule has 0 saturated carbocycles. The van der Waals surface area contributed by atoms with Gasteiger partial charge in [-0.15, -0.1) is 0 Å². The molecule has 4 nitrogen and oxygen atoms in total. The molecule has 0 aliphatic rings. The lowest BCUT2D eigenvalue weighted by Gasteiger charge is -2.19. The van der Waals surface area contributed by atoms with Crippen molar-refractivity contribution in [1.82, 2.24) is 5.32 Å². The van der Waals surface area contributed by atoms with Gasteiger partial charge in [0.25, 0.3) is 0 Å². The summed E-state index contributed by atoms with van der Waals surface area (Å²) in [6, 6.07) is 3.82. The molecule has 0 saturated heterocycles. The summed E-state index contributed by atoms with van der Waals surface area (Å²) in [5.74, 6) is 2.22. The minimum atomic E-state index is 0.342. The molecule has 0 aromatic heterocycles. The number of benzene rings is 1. The lowest BCUT2D eigenvalue weighted by atomic mass is 9.92. The minimum absolute atomic E-state index is 0.342. The van der Waals surface area contributed by atoms with Crippen molar-refractivity contribution in [1.29, 1.82) is 0 Å². The zero-order valence-corrected chi connectivity index (χ0v) is 13.5. The van der Waals surface area contributed by atoms with E-state index in [1.807, 2.05) is 12.1 Å². The second-order valence-corrected chi connectivity index (χ2v) is 6.01. The molecule has 0 unspecified atom stereocenters. The fourth-order valence-electron chi connectivity index (χ4n) is 1.92. The van der Waals surface area contributed by atoms with Crippen LogP contribution in [0.15, 0.2) is 12.1 Å². The molecular formula is C16H27NO3. The summed E-state index contributed by atoms with van der Waals surface area (Å²) in [6.45, 7) is 8.45. The SMILES string of the molecule is COc1cc(OC)c(OC)cc1CNCCC(C)(C)C. The Balaban J connectivity index is 2.73. The van der Waals surface area contributed by atoms with E-state index in [0.29, 0.717) is 11.2 Å². The van der Waals surface area contributed by atoms with E-state index < -0.39 is 0 Å². The van der Waals surface area contributed by atoms with Gasteiger partial charge in [0, 0.05) is 18.2 Å². The van der Waals surface area contributed by atoms with Crippen molar-refractivity contribution in [2.75, 3.05) is 27.9 Å². The zero-order valence-electron chi connectivity index (χ0n) is 13.5. The molecule has 1 aromatic carbocycles. The summed E-state index contributed by atoms with van der Waals surface area (Å²) >= 11 is 0. The number of rotatable bonds is 7. The highest BCUT2D eigenvalue weighted by Crippen LogP contribution is 2.34.